The Morgan fingerprint density at radius 1 is 1.17 bits per heavy atom. The van der Waals surface area contributed by atoms with Crippen molar-refractivity contribution in [3.8, 4) is 0 Å². The van der Waals surface area contributed by atoms with Gasteiger partial charge in [-0.1, -0.05) is 12.8 Å². The Kier molecular flexibility index (Phi) is 5.29. The minimum Gasteiger partial charge on any atom is -0.337 e. The summed E-state index contributed by atoms with van der Waals surface area (Å²) in [4.78, 5) is 16.3. The molecule has 0 spiro atoms. The lowest BCUT2D eigenvalue weighted by atomic mass is 10.1. The largest absolute Gasteiger partial charge is 0.337 e. The van der Waals surface area contributed by atoms with E-state index in [9.17, 15) is 4.79 Å². The number of hydrogen-bond donors (Lipinski definition) is 1. The van der Waals surface area contributed by atoms with Crippen LogP contribution < -0.4 is 5.32 Å². The third-order valence-corrected chi connectivity index (χ3v) is 4.33. The molecular weight excluding hydrogens is 226 g/mol. The van der Waals surface area contributed by atoms with Gasteiger partial charge in [0.2, 0.25) is 0 Å². The summed E-state index contributed by atoms with van der Waals surface area (Å²) < 4.78 is 0. The van der Waals surface area contributed by atoms with Crippen LogP contribution in [0.5, 0.6) is 0 Å². The van der Waals surface area contributed by atoms with Gasteiger partial charge in [0.15, 0.2) is 0 Å². The molecule has 0 aromatic rings. The molecule has 0 bridgehead atoms. The first-order valence-corrected chi connectivity index (χ1v) is 7.50. The highest BCUT2D eigenvalue weighted by molar-refractivity contribution is 5.74. The first-order valence-electron chi connectivity index (χ1n) is 7.50. The number of nitrogens with one attached hydrogen (secondary N) is 1. The number of likely N-dealkylation sites (tertiary alicyclic amines) is 1. The van der Waals surface area contributed by atoms with Gasteiger partial charge in [-0.25, -0.2) is 4.79 Å². The highest BCUT2D eigenvalue weighted by Crippen LogP contribution is 2.21. The normalized spacial score (nSPS) is 21.6. The van der Waals surface area contributed by atoms with Gasteiger partial charge >= 0.3 is 6.03 Å². The van der Waals surface area contributed by atoms with E-state index in [0.717, 1.165) is 45.1 Å². The number of likely N-dealkylation sites (N-methyl/N-ethyl adjacent to an activating group) is 1. The highest BCUT2D eigenvalue weighted by atomic mass is 16.2. The van der Waals surface area contributed by atoms with Crippen LogP contribution in [0.25, 0.3) is 0 Å². The minimum atomic E-state index is 0.134. The Hall–Kier alpha value is -0.770. The molecule has 18 heavy (non-hydrogen) atoms. The third kappa shape index (κ3) is 3.87. The maximum Gasteiger partial charge on any atom is 0.317 e. The van der Waals surface area contributed by atoms with Crippen LogP contribution in [0.2, 0.25) is 0 Å². The zero-order valence-corrected chi connectivity index (χ0v) is 11.7. The number of carbonyl (C=O) groups is 1. The van der Waals surface area contributed by atoms with Crippen LogP contribution in [-0.4, -0.2) is 55.1 Å². The zero-order valence-electron chi connectivity index (χ0n) is 11.7. The number of piperidine rings is 1. The van der Waals surface area contributed by atoms with Crippen molar-refractivity contribution in [1.82, 2.24) is 15.1 Å². The highest BCUT2D eigenvalue weighted by Gasteiger charge is 2.20. The molecule has 104 valence electrons. The van der Waals surface area contributed by atoms with Crippen LogP contribution in [0.3, 0.4) is 0 Å². The molecule has 1 aliphatic heterocycles. The summed E-state index contributed by atoms with van der Waals surface area (Å²) in [6, 6.07) is 0.881. The van der Waals surface area contributed by atoms with E-state index in [-0.39, 0.29) is 6.03 Å². The quantitative estimate of drug-likeness (QED) is 0.832. The van der Waals surface area contributed by atoms with Crippen LogP contribution in [0.15, 0.2) is 0 Å². The van der Waals surface area contributed by atoms with E-state index in [2.05, 4.69) is 17.3 Å². The van der Waals surface area contributed by atoms with Crippen molar-refractivity contribution in [2.24, 2.45) is 0 Å². The van der Waals surface area contributed by atoms with Crippen LogP contribution >= 0.6 is 0 Å². The smallest absolute Gasteiger partial charge is 0.317 e. The summed E-state index contributed by atoms with van der Waals surface area (Å²) in [5, 5.41) is 3.05. The monoisotopic (exact) mass is 253 g/mol. The molecule has 2 fully saturated rings. The van der Waals surface area contributed by atoms with E-state index in [1.807, 2.05) is 4.90 Å². The number of amides is 2. The molecule has 1 aliphatic carbocycles. The van der Waals surface area contributed by atoms with E-state index in [1.54, 1.807) is 0 Å². The molecule has 1 N–H and O–H groups in total. The summed E-state index contributed by atoms with van der Waals surface area (Å²) in [7, 11) is 2.18. The van der Waals surface area contributed by atoms with Crippen molar-refractivity contribution < 1.29 is 4.79 Å². The van der Waals surface area contributed by atoms with Crippen LogP contribution in [0.1, 0.15) is 44.9 Å². The van der Waals surface area contributed by atoms with E-state index in [1.165, 1.54) is 32.1 Å². The topological polar surface area (TPSA) is 35.6 Å². The van der Waals surface area contributed by atoms with Crippen LogP contribution in [-0.2, 0) is 0 Å². The van der Waals surface area contributed by atoms with Crippen molar-refractivity contribution in [1.29, 1.82) is 0 Å². The molecule has 2 rings (SSSR count). The van der Waals surface area contributed by atoms with E-state index < -0.39 is 0 Å². The number of rotatable bonds is 4. The molecule has 4 heteroatoms. The van der Waals surface area contributed by atoms with E-state index in [4.69, 9.17) is 0 Å². The Balaban J connectivity index is 1.60. The summed E-state index contributed by atoms with van der Waals surface area (Å²) in [6.45, 7) is 3.63. The third-order valence-electron chi connectivity index (χ3n) is 4.33. The minimum absolute atomic E-state index is 0.134. The molecule has 1 saturated heterocycles. The second kappa shape index (κ2) is 6.98. The summed E-state index contributed by atoms with van der Waals surface area (Å²) in [6.07, 6.45) is 9.00. The molecule has 2 amide bonds. The fourth-order valence-corrected chi connectivity index (χ4v) is 3.08. The first kappa shape index (κ1) is 13.7. The fraction of sp³-hybridized carbons (Fsp3) is 0.929. The van der Waals surface area contributed by atoms with Crippen LogP contribution in [0.4, 0.5) is 4.79 Å². The summed E-state index contributed by atoms with van der Waals surface area (Å²) >= 11 is 0. The Bertz CT molecular complexity index is 258. The average molecular weight is 253 g/mol. The Morgan fingerprint density at radius 2 is 1.83 bits per heavy atom. The number of hydrogen-bond acceptors (Lipinski definition) is 2. The molecule has 2 aliphatic rings. The standard InChI is InChI=1S/C14H27N3O/c1-16(13-7-3-4-8-13)12-9-15-14(18)17-10-5-2-6-11-17/h13H,2-12H2,1H3,(H,15,18). The summed E-state index contributed by atoms with van der Waals surface area (Å²) in [5.41, 5.74) is 0. The molecule has 0 aromatic carbocycles. The van der Waals surface area contributed by atoms with Crippen molar-refractivity contribution in [2.75, 3.05) is 33.2 Å². The average Bonchev–Trinajstić information content (AvgIpc) is 2.93. The maximum atomic E-state index is 11.9. The van der Waals surface area contributed by atoms with Gasteiger partial charge in [0.25, 0.3) is 0 Å². The second-order valence-electron chi connectivity index (χ2n) is 5.70. The molecule has 4 nitrogen and oxygen atoms in total. The SMILES string of the molecule is CN(CCNC(=O)N1CCCCC1)C1CCCC1. The van der Waals surface area contributed by atoms with Crippen molar-refractivity contribution >= 4 is 6.03 Å². The summed E-state index contributed by atoms with van der Waals surface area (Å²) in [5.74, 6) is 0. The van der Waals surface area contributed by atoms with Crippen molar-refractivity contribution in [2.45, 2.75) is 51.0 Å². The second-order valence-corrected chi connectivity index (χ2v) is 5.70. The van der Waals surface area contributed by atoms with Gasteiger partial charge in [0.1, 0.15) is 0 Å². The van der Waals surface area contributed by atoms with Gasteiger partial charge in [-0.2, -0.15) is 0 Å². The molecule has 1 saturated carbocycles. The molecule has 0 radical (unpaired) electrons. The number of urea groups is 1. The predicted molar refractivity (Wildman–Crippen MR) is 73.7 cm³/mol. The first-order chi connectivity index (χ1) is 8.77. The number of carbonyl (C=O) groups excluding carboxylic acids is 1. The fourth-order valence-electron chi connectivity index (χ4n) is 3.08. The lowest BCUT2D eigenvalue weighted by Gasteiger charge is -2.28. The van der Waals surface area contributed by atoms with Gasteiger partial charge in [-0.15, -0.1) is 0 Å². The van der Waals surface area contributed by atoms with Gasteiger partial charge in [0.05, 0.1) is 0 Å². The van der Waals surface area contributed by atoms with Gasteiger partial charge in [0, 0.05) is 32.2 Å². The predicted octanol–water partition coefficient (Wildman–Crippen LogP) is 2.06. The molecule has 1 heterocycles. The molecule has 0 atom stereocenters. The van der Waals surface area contributed by atoms with Crippen molar-refractivity contribution in [3.63, 3.8) is 0 Å². The van der Waals surface area contributed by atoms with Gasteiger partial charge in [-0.05, 0) is 39.2 Å². The molecule has 0 aromatic heterocycles. The number of nitrogens with zero attached hydrogens (tertiary/aromatic N) is 2. The lowest BCUT2D eigenvalue weighted by Crippen LogP contribution is -2.45. The Morgan fingerprint density at radius 3 is 2.50 bits per heavy atom. The molecular formula is C14H27N3O. The van der Waals surface area contributed by atoms with E-state index >= 15 is 0 Å². The van der Waals surface area contributed by atoms with E-state index in [0.29, 0.717) is 0 Å². The Labute approximate surface area is 111 Å². The maximum absolute atomic E-state index is 11.9. The zero-order chi connectivity index (χ0) is 12.8. The van der Waals surface area contributed by atoms with Gasteiger partial charge in [-0.3, -0.25) is 0 Å². The lowest BCUT2D eigenvalue weighted by molar-refractivity contribution is 0.182. The van der Waals surface area contributed by atoms with Crippen LogP contribution in [0, 0.1) is 0 Å². The molecule has 0 unspecified atom stereocenters. The van der Waals surface area contributed by atoms with Gasteiger partial charge < -0.3 is 15.1 Å². The van der Waals surface area contributed by atoms with Crippen molar-refractivity contribution in [3.05, 3.63) is 0 Å².